The van der Waals surface area contributed by atoms with Crippen molar-refractivity contribution in [3.63, 3.8) is 0 Å². The van der Waals surface area contributed by atoms with Gasteiger partial charge in [0.2, 0.25) is 0 Å². The van der Waals surface area contributed by atoms with Gasteiger partial charge in [-0.1, -0.05) is 45.8 Å². The lowest BCUT2D eigenvalue weighted by molar-refractivity contribution is 0.102. The minimum atomic E-state index is -0.158. The average molecular weight is 396 g/mol. The van der Waals surface area contributed by atoms with Crippen LogP contribution in [0.4, 0.5) is 11.5 Å². The van der Waals surface area contributed by atoms with Crippen LogP contribution < -0.4 is 10.6 Å². The first-order valence-corrected chi connectivity index (χ1v) is 8.72. The Labute approximate surface area is 155 Å². The Hall–Kier alpha value is -2.66. The highest BCUT2D eigenvalue weighted by molar-refractivity contribution is 9.10. The molecule has 0 saturated carbocycles. The summed E-state index contributed by atoms with van der Waals surface area (Å²) in [7, 11) is 0. The van der Waals surface area contributed by atoms with E-state index in [0.29, 0.717) is 17.8 Å². The van der Waals surface area contributed by atoms with E-state index >= 15 is 0 Å². The zero-order chi connectivity index (χ0) is 17.6. The van der Waals surface area contributed by atoms with E-state index in [2.05, 4.69) is 56.7 Å². The van der Waals surface area contributed by atoms with E-state index in [-0.39, 0.29) is 5.91 Å². The molecule has 2 N–H and O–H groups in total. The van der Waals surface area contributed by atoms with Crippen molar-refractivity contribution in [1.29, 1.82) is 0 Å². The van der Waals surface area contributed by atoms with Crippen LogP contribution in [0.15, 0.2) is 71.3 Å². The minimum Gasteiger partial charge on any atom is -0.366 e. The van der Waals surface area contributed by atoms with Crippen LogP contribution in [0, 0.1) is 6.92 Å². The standard InChI is InChI=1S/C20H18BrN3O/c1-14-3-2-4-15(11-14)12-22-19-10-9-18(13-23-19)24-20(25)16-5-7-17(21)8-6-16/h2-11,13H,12H2,1H3,(H,22,23)(H,24,25). The highest BCUT2D eigenvalue weighted by atomic mass is 79.9. The number of nitrogens with zero attached hydrogens (tertiary/aromatic N) is 1. The number of halogens is 1. The number of aromatic nitrogens is 1. The second-order valence-corrected chi connectivity index (χ2v) is 6.65. The largest absolute Gasteiger partial charge is 0.366 e. The SMILES string of the molecule is Cc1cccc(CNc2ccc(NC(=O)c3ccc(Br)cc3)cn2)c1. The topological polar surface area (TPSA) is 54.0 Å². The lowest BCUT2D eigenvalue weighted by atomic mass is 10.1. The molecule has 0 saturated heterocycles. The molecule has 0 unspecified atom stereocenters. The molecule has 0 radical (unpaired) electrons. The van der Waals surface area contributed by atoms with Crippen LogP contribution in [-0.2, 0) is 6.54 Å². The molecule has 0 spiro atoms. The van der Waals surface area contributed by atoms with Crippen molar-refractivity contribution in [3.8, 4) is 0 Å². The fourth-order valence-corrected chi connectivity index (χ4v) is 2.66. The van der Waals surface area contributed by atoms with Gasteiger partial charge in [0.15, 0.2) is 0 Å². The van der Waals surface area contributed by atoms with Gasteiger partial charge in [-0.3, -0.25) is 4.79 Å². The molecule has 5 heteroatoms. The van der Waals surface area contributed by atoms with E-state index in [4.69, 9.17) is 0 Å². The molecule has 0 aliphatic carbocycles. The van der Waals surface area contributed by atoms with Gasteiger partial charge in [0, 0.05) is 16.6 Å². The van der Waals surface area contributed by atoms with Crippen molar-refractivity contribution in [3.05, 3.63) is 88.0 Å². The number of aryl methyl sites for hydroxylation is 1. The maximum atomic E-state index is 12.2. The summed E-state index contributed by atoms with van der Waals surface area (Å²) in [5.74, 6) is 0.609. The minimum absolute atomic E-state index is 0.158. The smallest absolute Gasteiger partial charge is 0.255 e. The van der Waals surface area contributed by atoms with Crippen molar-refractivity contribution < 1.29 is 4.79 Å². The summed E-state index contributed by atoms with van der Waals surface area (Å²) in [6.07, 6.45) is 1.65. The molecule has 0 fully saturated rings. The number of rotatable bonds is 5. The normalized spacial score (nSPS) is 10.3. The van der Waals surface area contributed by atoms with Crippen LogP contribution in [0.5, 0.6) is 0 Å². The number of hydrogen-bond acceptors (Lipinski definition) is 3. The summed E-state index contributed by atoms with van der Waals surface area (Å²) >= 11 is 3.36. The molecular formula is C20H18BrN3O. The Morgan fingerprint density at radius 3 is 2.56 bits per heavy atom. The van der Waals surface area contributed by atoms with Crippen LogP contribution in [0.1, 0.15) is 21.5 Å². The lowest BCUT2D eigenvalue weighted by Crippen LogP contribution is -2.12. The summed E-state index contributed by atoms with van der Waals surface area (Å²) < 4.78 is 0.940. The van der Waals surface area contributed by atoms with E-state index in [9.17, 15) is 4.79 Å². The van der Waals surface area contributed by atoms with Crippen molar-refractivity contribution in [2.75, 3.05) is 10.6 Å². The molecule has 4 nitrogen and oxygen atoms in total. The molecule has 0 aliphatic rings. The van der Waals surface area contributed by atoms with Gasteiger partial charge in [-0.25, -0.2) is 4.98 Å². The highest BCUT2D eigenvalue weighted by Gasteiger charge is 2.06. The molecule has 126 valence electrons. The molecule has 0 aliphatic heterocycles. The molecule has 3 aromatic rings. The van der Waals surface area contributed by atoms with Crippen molar-refractivity contribution in [2.45, 2.75) is 13.5 Å². The van der Waals surface area contributed by atoms with Gasteiger partial charge in [0.1, 0.15) is 5.82 Å². The van der Waals surface area contributed by atoms with Crippen molar-refractivity contribution in [1.82, 2.24) is 4.98 Å². The number of pyridine rings is 1. The third-order valence-corrected chi connectivity index (χ3v) is 4.21. The van der Waals surface area contributed by atoms with Crippen molar-refractivity contribution >= 4 is 33.3 Å². The number of nitrogens with one attached hydrogen (secondary N) is 2. The van der Waals surface area contributed by atoms with Gasteiger partial charge in [-0.2, -0.15) is 0 Å². The van der Waals surface area contributed by atoms with E-state index in [1.807, 2.05) is 30.3 Å². The highest BCUT2D eigenvalue weighted by Crippen LogP contribution is 2.15. The first kappa shape index (κ1) is 17.2. The molecule has 0 bridgehead atoms. The molecule has 25 heavy (non-hydrogen) atoms. The maximum absolute atomic E-state index is 12.2. The van der Waals surface area contributed by atoms with Crippen LogP contribution in [0.25, 0.3) is 0 Å². The maximum Gasteiger partial charge on any atom is 0.255 e. The van der Waals surface area contributed by atoms with E-state index < -0.39 is 0 Å². The second kappa shape index (κ2) is 7.94. The summed E-state index contributed by atoms with van der Waals surface area (Å²) in [6, 6.07) is 19.2. The van der Waals surface area contributed by atoms with Gasteiger partial charge >= 0.3 is 0 Å². The van der Waals surface area contributed by atoms with Crippen molar-refractivity contribution in [2.24, 2.45) is 0 Å². The quantitative estimate of drug-likeness (QED) is 0.637. The van der Waals surface area contributed by atoms with Crippen LogP contribution in [-0.4, -0.2) is 10.9 Å². The molecule has 1 heterocycles. The van der Waals surface area contributed by atoms with Gasteiger partial charge in [-0.05, 0) is 48.9 Å². The fourth-order valence-electron chi connectivity index (χ4n) is 2.39. The van der Waals surface area contributed by atoms with E-state index in [1.165, 1.54) is 11.1 Å². The summed E-state index contributed by atoms with van der Waals surface area (Å²) in [5, 5.41) is 6.12. The zero-order valence-electron chi connectivity index (χ0n) is 13.8. The Balaban J connectivity index is 1.58. The Kier molecular flexibility index (Phi) is 5.46. The average Bonchev–Trinajstić information content (AvgIpc) is 2.62. The number of amides is 1. The molecule has 2 aromatic carbocycles. The van der Waals surface area contributed by atoms with Gasteiger partial charge in [-0.15, -0.1) is 0 Å². The Morgan fingerprint density at radius 1 is 1.08 bits per heavy atom. The molecule has 1 amide bonds. The van der Waals surface area contributed by atoms with Crippen LogP contribution >= 0.6 is 15.9 Å². The first-order valence-electron chi connectivity index (χ1n) is 7.92. The molecule has 1 aromatic heterocycles. The summed E-state index contributed by atoms with van der Waals surface area (Å²) in [4.78, 5) is 16.5. The number of hydrogen-bond donors (Lipinski definition) is 2. The lowest BCUT2D eigenvalue weighted by Gasteiger charge is -2.08. The molecule has 0 atom stereocenters. The number of benzene rings is 2. The molecule has 3 rings (SSSR count). The summed E-state index contributed by atoms with van der Waals surface area (Å²) in [6.45, 7) is 2.78. The van der Waals surface area contributed by atoms with Gasteiger partial charge in [0.05, 0.1) is 11.9 Å². The third kappa shape index (κ3) is 4.90. The predicted molar refractivity (Wildman–Crippen MR) is 105 cm³/mol. The van der Waals surface area contributed by atoms with Gasteiger partial charge < -0.3 is 10.6 Å². The van der Waals surface area contributed by atoms with Crippen LogP contribution in [0.2, 0.25) is 0 Å². The Morgan fingerprint density at radius 2 is 1.88 bits per heavy atom. The zero-order valence-corrected chi connectivity index (χ0v) is 15.4. The van der Waals surface area contributed by atoms with Crippen LogP contribution in [0.3, 0.4) is 0 Å². The van der Waals surface area contributed by atoms with E-state index in [0.717, 1.165) is 10.3 Å². The fraction of sp³-hybridized carbons (Fsp3) is 0.100. The summed E-state index contributed by atoms with van der Waals surface area (Å²) in [5.41, 5.74) is 3.70. The monoisotopic (exact) mass is 395 g/mol. The third-order valence-electron chi connectivity index (χ3n) is 3.68. The predicted octanol–water partition coefficient (Wildman–Crippen LogP) is 5.02. The number of carbonyl (C=O) groups is 1. The van der Waals surface area contributed by atoms with E-state index in [1.54, 1.807) is 18.3 Å². The van der Waals surface area contributed by atoms with Gasteiger partial charge in [0.25, 0.3) is 5.91 Å². The second-order valence-electron chi connectivity index (χ2n) is 5.74. The number of carbonyl (C=O) groups excluding carboxylic acids is 1. The number of anilines is 2. The Bertz CT molecular complexity index is 861. The first-order chi connectivity index (χ1) is 12.1. The molecular weight excluding hydrogens is 378 g/mol.